The molecule has 1 amide bonds. The summed E-state index contributed by atoms with van der Waals surface area (Å²) in [5.41, 5.74) is 2.66. The largest absolute Gasteiger partial charge is 0.435 e. The molecule has 1 aromatic heterocycles. The summed E-state index contributed by atoms with van der Waals surface area (Å²) in [6, 6.07) is 16.0. The van der Waals surface area contributed by atoms with Gasteiger partial charge in [0.05, 0.1) is 12.5 Å². The van der Waals surface area contributed by atoms with Gasteiger partial charge in [-0.15, -0.1) is 0 Å². The number of alkyl halides is 2. The molecule has 0 aliphatic carbocycles. The van der Waals surface area contributed by atoms with Crippen LogP contribution in [0.3, 0.4) is 0 Å². The Balaban J connectivity index is 1.63. The number of hydrogen-bond donors (Lipinski definition) is 1. The lowest BCUT2D eigenvalue weighted by atomic mass is 10.1. The van der Waals surface area contributed by atoms with Crippen molar-refractivity contribution in [2.24, 2.45) is 0 Å². The number of nitriles is 1. The highest BCUT2D eigenvalue weighted by molar-refractivity contribution is 5.96. The van der Waals surface area contributed by atoms with Gasteiger partial charge in [-0.25, -0.2) is 0 Å². The van der Waals surface area contributed by atoms with Crippen LogP contribution in [0.2, 0.25) is 0 Å². The number of aromatic nitrogens is 1. The van der Waals surface area contributed by atoms with Gasteiger partial charge in [-0.1, -0.05) is 30.3 Å². The number of aryl methyl sites for hydroxylation is 1. The number of halogens is 2. The van der Waals surface area contributed by atoms with Gasteiger partial charge in [0.15, 0.2) is 0 Å². The maximum Gasteiger partial charge on any atom is 0.387 e. The predicted octanol–water partition coefficient (Wildman–Crippen LogP) is 4.49. The molecule has 0 radical (unpaired) electrons. The fourth-order valence-corrected chi connectivity index (χ4v) is 2.97. The van der Waals surface area contributed by atoms with Crippen LogP contribution >= 0.6 is 0 Å². The molecule has 0 aliphatic heterocycles. The Labute approximate surface area is 166 Å². The molecule has 0 fully saturated rings. The lowest BCUT2D eigenvalue weighted by molar-refractivity contribution is -0.116. The fraction of sp³-hybridized carbons (Fsp3) is 0.182. The van der Waals surface area contributed by atoms with Gasteiger partial charge < -0.3 is 14.6 Å². The first-order valence-corrected chi connectivity index (χ1v) is 9.01. The van der Waals surface area contributed by atoms with Gasteiger partial charge in [-0.3, -0.25) is 4.79 Å². The molecule has 3 aromatic rings. The molecule has 0 aliphatic rings. The van der Waals surface area contributed by atoms with Gasteiger partial charge in [0.25, 0.3) is 0 Å². The predicted molar refractivity (Wildman–Crippen MR) is 106 cm³/mol. The molecule has 0 unspecified atom stereocenters. The third-order valence-electron chi connectivity index (χ3n) is 4.31. The number of rotatable bonds is 8. The highest BCUT2D eigenvalue weighted by Gasteiger charge is 2.07. The van der Waals surface area contributed by atoms with Gasteiger partial charge in [0.1, 0.15) is 5.75 Å². The summed E-state index contributed by atoms with van der Waals surface area (Å²) < 4.78 is 30.6. The molecular weight excluding hydrogens is 376 g/mol. The quantitative estimate of drug-likeness (QED) is 0.572. The van der Waals surface area contributed by atoms with Crippen LogP contribution in [0, 0.1) is 11.3 Å². The average Bonchev–Trinajstić information content (AvgIpc) is 3.07. The van der Waals surface area contributed by atoms with E-state index in [2.05, 4.69) is 16.1 Å². The minimum atomic E-state index is -2.86. The summed E-state index contributed by atoms with van der Waals surface area (Å²) in [6.45, 7) is -2.01. The zero-order valence-electron chi connectivity index (χ0n) is 15.5. The standard InChI is InChI=1S/C22H19F2N3O2/c23-22(24)29-18-9-6-16(7-10-18)14-26-21(28)11-8-17-15-27(13-3-12-25)20-5-2-1-4-19(17)20/h1-2,4-11,15,22H,3,13-14H2,(H,26,28)/b11-8+. The van der Waals surface area contributed by atoms with Crippen LogP contribution in [0.4, 0.5) is 8.78 Å². The van der Waals surface area contributed by atoms with Crippen LogP contribution in [0.5, 0.6) is 5.75 Å². The first-order valence-electron chi connectivity index (χ1n) is 9.01. The number of nitrogens with one attached hydrogen (secondary N) is 1. The Morgan fingerprint density at radius 2 is 1.97 bits per heavy atom. The van der Waals surface area contributed by atoms with Crippen LogP contribution in [-0.2, 0) is 17.9 Å². The van der Waals surface area contributed by atoms with Crippen molar-refractivity contribution in [1.29, 1.82) is 5.26 Å². The van der Waals surface area contributed by atoms with E-state index in [1.54, 1.807) is 18.2 Å². The first kappa shape index (κ1) is 20.1. The third kappa shape index (κ3) is 5.42. The van der Waals surface area contributed by atoms with Gasteiger partial charge in [-0.05, 0) is 29.8 Å². The number of benzene rings is 2. The normalized spacial score (nSPS) is 11.1. The highest BCUT2D eigenvalue weighted by atomic mass is 19.3. The van der Waals surface area contributed by atoms with Crippen molar-refractivity contribution in [2.45, 2.75) is 26.1 Å². The maximum atomic E-state index is 12.2. The van der Waals surface area contributed by atoms with E-state index in [4.69, 9.17) is 5.26 Å². The number of ether oxygens (including phenoxy) is 1. The van der Waals surface area contributed by atoms with Crippen molar-refractivity contribution in [1.82, 2.24) is 9.88 Å². The highest BCUT2D eigenvalue weighted by Crippen LogP contribution is 2.23. The maximum absolute atomic E-state index is 12.2. The topological polar surface area (TPSA) is 67.0 Å². The summed E-state index contributed by atoms with van der Waals surface area (Å²) in [7, 11) is 0. The van der Waals surface area contributed by atoms with Gasteiger partial charge in [0, 0.05) is 41.8 Å². The Morgan fingerprint density at radius 3 is 2.69 bits per heavy atom. The first-order chi connectivity index (χ1) is 14.1. The summed E-state index contributed by atoms with van der Waals surface area (Å²) in [6.07, 6.45) is 5.52. The van der Waals surface area contributed by atoms with E-state index < -0.39 is 6.61 Å². The SMILES string of the molecule is N#CCCn1cc(/C=C/C(=O)NCc2ccc(OC(F)F)cc2)c2ccccc21. The molecule has 0 bridgehead atoms. The molecule has 7 heteroatoms. The second-order valence-electron chi connectivity index (χ2n) is 6.28. The number of hydrogen-bond acceptors (Lipinski definition) is 3. The lowest BCUT2D eigenvalue weighted by Crippen LogP contribution is -2.20. The summed E-state index contributed by atoms with van der Waals surface area (Å²) in [5.74, 6) is -0.200. The van der Waals surface area contributed by atoms with Crippen molar-refractivity contribution in [3.05, 3.63) is 71.9 Å². The number of carbonyl (C=O) groups is 1. The Bertz CT molecular complexity index is 1050. The van der Waals surface area contributed by atoms with Crippen molar-refractivity contribution < 1.29 is 18.3 Å². The summed E-state index contributed by atoms with van der Waals surface area (Å²) in [4.78, 5) is 12.1. The summed E-state index contributed by atoms with van der Waals surface area (Å²) in [5, 5.41) is 12.6. The van der Waals surface area contributed by atoms with Crippen molar-refractivity contribution in [2.75, 3.05) is 0 Å². The third-order valence-corrected chi connectivity index (χ3v) is 4.31. The second-order valence-corrected chi connectivity index (χ2v) is 6.28. The zero-order chi connectivity index (χ0) is 20.6. The van der Waals surface area contributed by atoms with Crippen LogP contribution in [0.25, 0.3) is 17.0 Å². The second kappa shape index (κ2) is 9.51. The van der Waals surface area contributed by atoms with Crippen LogP contribution in [-0.4, -0.2) is 17.1 Å². The minimum absolute atomic E-state index is 0.0720. The van der Waals surface area contributed by atoms with Gasteiger partial charge in [-0.2, -0.15) is 14.0 Å². The van der Waals surface area contributed by atoms with Crippen molar-refractivity contribution in [3.63, 3.8) is 0 Å². The van der Waals surface area contributed by atoms with E-state index in [-0.39, 0.29) is 18.2 Å². The average molecular weight is 395 g/mol. The van der Waals surface area contributed by atoms with Crippen LogP contribution in [0.15, 0.2) is 60.8 Å². The Hall–Kier alpha value is -3.66. The van der Waals surface area contributed by atoms with Gasteiger partial charge >= 0.3 is 6.61 Å². The van der Waals surface area contributed by atoms with Crippen molar-refractivity contribution >= 4 is 22.9 Å². The van der Waals surface area contributed by atoms with E-state index in [0.29, 0.717) is 13.0 Å². The molecule has 29 heavy (non-hydrogen) atoms. The number of nitrogens with zero attached hydrogens (tertiary/aromatic N) is 2. The molecule has 2 aromatic carbocycles. The Morgan fingerprint density at radius 1 is 1.21 bits per heavy atom. The van der Waals surface area contributed by atoms with E-state index in [1.165, 1.54) is 18.2 Å². The van der Waals surface area contributed by atoms with Crippen LogP contribution < -0.4 is 10.1 Å². The van der Waals surface area contributed by atoms with Gasteiger partial charge in [0.2, 0.25) is 5.91 Å². The zero-order valence-corrected chi connectivity index (χ0v) is 15.5. The molecule has 1 N–H and O–H groups in total. The van der Waals surface area contributed by atoms with E-state index in [9.17, 15) is 13.6 Å². The smallest absolute Gasteiger partial charge is 0.387 e. The molecular formula is C22H19F2N3O2. The summed E-state index contributed by atoms with van der Waals surface area (Å²) >= 11 is 0. The molecule has 3 rings (SSSR count). The number of carbonyl (C=O) groups excluding carboxylic acids is 1. The molecule has 148 valence electrons. The minimum Gasteiger partial charge on any atom is -0.435 e. The number of amides is 1. The van der Waals surface area contributed by atoms with E-state index in [0.717, 1.165) is 22.0 Å². The molecule has 0 spiro atoms. The monoisotopic (exact) mass is 395 g/mol. The molecule has 5 nitrogen and oxygen atoms in total. The van der Waals surface area contributed by atoms with Crippen molar-refractivity contribution in [3.8, 4) is 11.8 Å². The van der Waals surface area contributed by atoms with E-state index >= 15 is 0 Å². The number of fused-ring (bicyclic) bond motifs is 1. The van der Waals surface area contributed by atoms with Crippen LogP contribution in [0.1, 0.15) is 17.5 Å². The Kier molecular flexibility index (Phi) is 6.59. The number of para-hydroxylation sites is 1. The fourth-order valence-electron chi connectivity index (χ4n) is 2.97. The molecule has 0 saturated carbocycles. The molecule has 0 saturated heterocycles. The molecule has 1 heterocycles. The van der Waals surface area contributed by atoms with E-state index in [1.807, 2.05) is 35.0 Å². The molecule has 0 atom stereocenters. The lowest BCUT2D eigenvalue weighted by Gasteiger charge is -2.06.